The predicted octanol–water partition coefficient (Wildman–Crippen LogP) is 3.09. The zero-order valence-corrected chi connectivity index (χ0v) is 16.3. The lowest BCUT2D eigenvalue weighted by Crippen LogP contribution is -2.32. The van der Waals surface area contributed by atoms with Gasteiger partial charge in [-0.2, -0.15) is 0 Å². The van der Waals surface area contributed by atoms with E-state index in [9.17, 15) is 14.7 Å². The molecule has 0 saturated heterocycles. The van der Waals surface area contributed by atoms with Crippen LogP contribution >= 0.6 is 11.3 Å². The van der Waals surface area contributed by atoms with Gasteiger partial charge in [-0.05, 0) is 35.7 Å². The molecule has 0 aliphatic heterocycles. The predicted molar refractivity (Wildman–Crippen MR) is 111 cm³/mol. The molecule has 0 bridgehead atoms. The second kappa shape index (κ2) is 7.76. The van der Waals surface area contributed by atoms with Gasteiger partial charge in [0.1, 0.15) is 17.1 Å². The van der Waals surface area contributed by atoms with Crippen LogP contribution < -0.4 is 15.6 Å². The van der Waals surface area contributed by atoms with E-state index in [0.717, 1.165) is 4.88 Å². The quantitative estimate of drug-likeness (QED) is 0.530. The minimum absolute atomic E-state index is 0.248. The molecular weight excluding hydrogens is 390 g/mol. The van der Waals surface area contributed by atoms with E-state index in [1.807, 2.05) is 17.5 Å². The van der Waals surface area contributed by atoms with Gasteiger partial charge in [0.05, 0.1) is 24.7 Å². The molecule has 146 valence electrons. The molecule has 2 N–H and O–H groups in total. The maximum atomic E-state index is 13.3. The number of hydrogen-bond donors (Lipinski definition) is 2. The van der Waals surface area contributed by atoms with Crippen molar-refractivity contribution in [3.8, 4) is 17.2 Å². The molecule has 0 unspecified atom stereocenters. The summed E-state index contributed by atoms with van der Waals surface area (Å²) in [6.07, 6.45) is 1.52. The Bertz CT molecular complexity index is 1250. The summed E-state index contributed by atoms with van der Waals surface area (Å²) in [5, 5.41) is 15.6. The summed E-state index contributed by atoms with van der Waals surface area (Å²) >= 11 is 1.49. The van der Waals surface area contributed by atoms with E-state index in [2.05, 4.69) is 10.3 Å². The summed E-state index contributed by atoms with van der Waals surface area (Å²) in [7, 11) is 1.53. The van der Waals surface area contributed by atoms with Crippen LogP contribution in [0.25, 0.3) is 16.7 Å². The number of benzene rings is 1. The van der Waals surface area contributed by atoms with E-state index < -0.39 is 11.5 Å². The van der Waals surface area contributed by atoms with Crippen molar-refractivity contribution in [2.45, 2.75) is 6.54 Å². The van der Waals surface area contributed by atoms with E-state index in [-0.39, 0.29) is 23.5 Å². The SMILES string of the molecule is COc1cccc(-n2c(=O)c(C(=O)NCc3cccs3)c(O)c3cccnc32)c1. The number of amides is 1. The molecule has 3 heterocycles. The van der Waals surface area contributed by atoms with Crippen LogP contribution in [0.15, 0.2) is 64.9 Å². The molecule has 0 spiro atoms. The van der Waals surface area contributed by atoms with Crippen molar-refractivity contribution in [3.05, 3.63) is 80.9 Å². The summed E-state index contributed by atoms with van der Waals surface area (Å²) in [6.45, 7) is 0.264. The van der Waals surface area contributed by atoms with Crippen molar-refractivity contribution >= 4 is 28.3 Å². The summed E-state index contributed by atoms with van der Waals surface area (Å²) < 4.78 is 6.55. The van der Waals surface area contributed by atoms with E-state index in [1.165, 1.54) is 29.2 Å². The standard InChI is InChI=1S/C21H17N3O4S/c1-28-14-6-2-5-13(11-14)24-19-16(8-3-9-22-19)18(25)17(21(24)27)20(26)23-12-15-7-4-10-29-15/h2-11,25H,12H2,1H3,(H,23,26). The highest BCUT2D eigenvalue weighted by atomic mass is 32.1. The van der Waals surface area contributed by atoms with E-state index in [1.54, 1.807) is 36.4 Å². The maximum absolute atomic E-state index is 13.3. The number of aromatic hydroxyl groups is 1. The molecule has 0 fully saturated rings. The van der Waals surface area contributed by atoms with Crippen LogP contribution in [0.3, 0.4) is 0 Å². The molecule has 0 aliphatic carbocycles. The van der Waals surface area contributed by atoms with Crippen molar-refractivity contribution in [1.82, 2.24) is 14.9 Å². The van der Waals surface area contributed by atoms with Gasteiger partial charge in [0, 0.05) is 17.1 Å². The molecule has 7 nitrogen and oxygen atoms in total. The third-order valence-electron chi connectivity index (χ3n) is 4.45. The van der Waals surface area contributed by atoms with Crippen LogP contribution in [-0.2, 0) is 6.54 Å². The second-order valence-electron chi connectivity index (χ2n) is 6.20. The van der Waals surface area contributed by atoms with Gasteiger partial charge in [0.15, 0.2) is 5.65 Å². The van der Waals surface area contributed by atoms with Gasteiger partial charge in [-0.1, -0.05) is 12.1 Å². The van der Waals surface area contributed by atoms with Crippen LogP contribution in [0.2, 0.25) is 0 Å². The van der Waals surface area contributed by atoms with E-state index in [0.29, 0.717) is 16.8 Å². The van der Waals surface area contributed by atoms with Crippen molar-refractivity contribution in [2.75, 3.05) is 7.11 Å². The number of nitrogens with one attached hydrogen (secondary N) is 1. The molecule has 29 heavy (non-hydrogen) atoms. The van der Waals surface area contributed by atoms with Crippen molar-refractivity contribution in [2.24, 2.45) is 0 Å². The summed E-state index contributed by atoms with van der Waals surface area (Å²) in [5.74, 6) is -0.487. The highest BCUT2D eigenvalue weighted by Crippen LogP contribution is 2.27. The van der Waals surface area contributed by atoms with Gasteiger partial charge in [0.25, 0.3) is 11.5 Å². The Labute approximate surface area is 169 Å². The summed E-state index contributed by atoms with van der Waals surface area (Å²) in [5.41, 5.74) is -0.265. The first-order valence-electron chi connectivity index (χ1n) is 8.78. The fourth-order valence-corrected chi connectivity index (χ4v) is 3.71. The Morgan fingerprint density at radius 1 is 1.24 bits per heavy atom. The van der Waals surface area contributed by atoms with Crippen molar-refractivity contribution in [3.63, 3.8) is 0 Å². The minimum Gasteiger partial charge on any atom is -0.506 e. The third kappa shape index (κ3) is 3.45. The third-order valence-corrected chi connectivity index (χ3v) is 5.33. The zero-order valence-electron chi connectivity index (χ0n) is 15.5. The summed E-state index contributed by atoms with van der Waals surface area (Å²) in [6, 6.07) is 13.9. The fourth-order valence-electron chi connectivity index (χ4n) is 3.07. The van der Waals surface area contributed by atoms with Crippen molar-refractivity contribution < 1.29 is 14.6 Å². The molecule has 0 atom stereocenters. The lowest BCUT2D eigenvalue weighted by molar-refractivity contribution is 0.0947. The number of nitrogens with zero attached hydrogens (tertiary/aromatic N) is 2. The largest absolute Gasteiger partial charge is 0.506 e. The Morgan fingerprint density at radius 3 is 2.86 bits per heavy atom. The lowest BCUT2D eigenvalue weighted by atomic mass is 10.1. The Balaban J connectivity index is 1.89. The number of pyridine rings is 2. The molecule has 1 amide bonds. The van der Waals surface area contributed by atoms with Gasteiger partial charge in [-0.25, -0.2) is 4.98 Å². The zero-order chi connectivity index (χ0) is 20.4. The molecule has 0 radical (unpaired) electrons. The van der Waals surface area contributed by atoms with E-state index in [4.69, 9.17) is 4.74 Å². The number of thiophene rings is 1. The number of fused-ring (bicyclic) bond motifs is 1. The maximum Gasteiger partial charge on any atom is 0.273 e. The number of hydrogen-bond acceptors (Lipinski definition) is 6. The topological polar surface area (TPSA) is 93.5 Å². The van der Waals surface area contributed by atoms with Crippen LogP contribution in [-0.4, -0.2) is 27.7 Å². The Morgan fingerprint density at radius 2 is 2.10 bits per heavy atom. The van der Waals surface area contributed by atoms with E-state index >= 15 is 0 Å². The van der Waals surface area contributed by atoms with Gasteiger partial charge in [-0.3, -0.25) is 14.2 Å². The number of ether oxygens (including phenoxy) is 1. The second-order valence-corrected chi connectivity index (χ2v) is 7.23. The lowest BCUT2D eigenvalue weighted by Gasteiger charge is -2.14. The van der Waals surface area contributed by atoms with Crippen LogP contribution in [0, 0.1) is 0 Å². The molecule has 4 rings (SSSR count). The van der Waals surface area contributed by atoms with Gasteiger partial charge < -0.3 is 15.2 Å². The van der Waals surface area contributed by atoms with Gasteiger partial charge in [0.2, 0.25) is 0 Å². The minimum atomic E-state index is -0.661. The number of carbonyl (C=O) groups excluding carboxylic acids is 1. The normalized spacial score (nSPS) is 10.8. The van der Waals surface area contributed by atoms with Crippen molar-refractivity contribution in [1.29, 1.82) is 0 Å². The Hall–Kier alpha value is -3.65. The molecule has 0 aliphatic rings. The average molecular weight is 407 g/mol. The van der Waals surface area contributed by atoms with Crippen LogP contribution in [0.5, 0.6) is 11.5 Å². The van der Waals surface area contributed by atoms with Gasteiger partial charge >= 0.3 is 0 Å². The molecular formula is C21H17N3O4S. The molecule has 4 aromatic rings. The first kappa shape index (κ1) is 18.7. The molecule has 1 aromatic carbocycles. The average Bonchev–Trinajstić information content (AvgIpc) is 3.26. The summed E-state index contributed by atoms with van der Waals surface area (Å²) in [4.78, 5) is 31.3. The molecule has 0 saturated carbocycles. The number of carbonyl (C=O) groups is 1. The molecule has 8 heteroatoms. The number of rotatable bonds is 5. The Kier molecular flexibility index (Phi) is 5.01. The smallest absolute Gasteiger partial charge is 0.273 e. The number of aromatic nitrogens is 2. The highest BCUT2D eigenvalue weighted by Gasteiger charge is 2.23. The number of methoxy groups -OCH3 is 1. The first-order chi connectivity index (χ1) is 14.1. The molecule has 3 aromatic heterocycles. The monoisotopic (exact) mass is 407 g/mol. The van der Waals surface area contributed by atoms with Crippen LogP contribution in [0.4, 0.5) is 0 Å². The first-order valence-corrected chi connectivity index (χ1v) is 9.66. The highest BCUT2D eigenvalue weighted by molar-refractivity contribution is 7.09. The van der Waals surface area contributed by atoms with Gasteiger partial charge in [-0.15, -0.1) is 11.3 Å². The fraction of sp³-hybridized carbons (Fsp3) is 0.0952. The van der Waals surface area contributed by atoms with Crippen LogP contribution in [0.1, 0.15) is 15.2 Å².